The second-order valence-electron chi connectivity index (χ2n) is 6.70. The van der Waals surface area contributed by atoms with E-state index in [4.69, 9.17) is 9.29 Å². The minimum absolute atomic E-state index is 0.209. The van der Waals surface area contributed by atoms with E-state index in [0.29, 0.717) is 32.6 Å². The summed E-state index contributed by atoms with van der Waals surface area (Å²) in [5, 5.41) is 6.83. The number of hydrogen-bond acceptors (Lipinski definition) is 5. The molecule has 3 atom stereocenters. The van der Waals surface area contributed by atoms with Crippen molar-refractivity contribution in [2.45, 2.75) is 55.2 Å². The van der Waals surface area contributed by atoms with Gasteiger partial charge in [-0.2, -0.15) is 8.42 Å². The third kappa shape index (κ3) is 1.88. The van der Waals surface area contributed by atoms with Crippen molar-refractivity contribution in [2.75, 3.05) is 0 Å². The molecule has 114 valence electrons. The van der Waals surface area contributed by atoms with Crippen LogP contribution in [0.2, 0.25) is 0 Å². The Morgan fingerprint density at radius 2 is 1.80 bits per heavy atom. The molecule has 4 bridgehead atoms. The summed E-state index contributed by atoms with van der Waals surface area (Å²) in [6, 6.07) is 0. The van der Waals surface area contributed by atoms with Gasteiger partial charge in [0.05, 0.1) is 5.60 Å². The number of carbonyl (C=O) groups is 1. The Bertz CT molecular complexity index is 554. The highest BCUT2D eigenvalue weighted by Gasteiger charge is 2.65. The summed E-state index contributed by atoms with van der Waals surface area (Å²) < 4.78 is 49.6. The van der Waals surface area contributed by atoms with Crippen LogP contribution < -0.4 is 0 Å². The molecule has 0 aliphatic heterocycles. The van der Waals surface area contributed by atoms with Crippen molar-refractivity contribution < 1.29 is 32.0 Å². The maximum absolute atomic E-state index is 13.9. The minimum Gasteiger partial charge on any atom is -0.456 e. The smallest absolute Gasteiger partial charge is 0.362 e. The fourth-order valence-corrected chi connectivity index (χ4v) is 4.56. The average molecular weight is 308 g/mol. The molecule has 3 unspecified atom stereocenters. The van der Waals surface area contributed by atoms with E-state index in [2.05, 4.69) is 0 Å². The van der Waals surface area contributed by atoms with Crippen LogP contribution in [0, 0.1) is 11.8 Å². The molecule has 4 fully saturated rings. The quantitative estimate of drug-likeness (QED) is 0.590. The van der Waals surface area contributed by atoms with Gasteiger partial charge in [-0.05, 0) is 44.4 Å². The summed E-state index contributed by atoms with van der Waals surface area (Å²) in [6.45, 7) is 0.464. The van der Waals surface area contributed by atoms with Gasteiger partial charge >= 0.3 is 21.1 Å². The Morgan fingerprint density at radius 1 is 1.30 bits per heavy atom. The van der Waals surface area contributed by atoms with Gasteiger partial charge in [0.25, 0.3) is 0 Å². The van der Waals surface area contributed by atoms with Gasteiger partial charge in [-0.1, -0.05) is 0 Å². The standard InChI is InChI=1S/C12H17FO6S/c1-10(13,20(16,17)18)9(14)19-12-4-7-2-11(15,6-12)3-8(7)5-12/h7-8,15H,2-6H2,1H3,(H,16,17,18). The first kappa shape index (κ1) is 14.2. The van der Waals surface area contributed by atoms with Gasteiger partial charge in [0.15, 0.2) is 0 Å². The van der Waals surface area contributed by atoms with Crippen LogP contribution in [0.5, 0.6) is 0 Å². The molecule has 4 aliphatic carbocycles. The molecule has 0 spiro atoms. The van der Waals surface area contributed by atoms with Crippen LogP contribution in [-0.4, -0.2) is 40.2 Å². The fourth-order valence-electron chi connectivity index (χ4n) is 4.31. The molecule has 6 nitrogen and oxygen atoms in total. The van der Waals surface area contributed by atoms with Gasteiger partial charge in [-0.3, -0.25) is 4.55 Å². The number of esters is 1. The van der Waals surface area contributed by atoms with Crippen molar-refractivity contribution in [1.29, 1.82) is 0 Å². The van der Waals surface area contributed by atoms with Crippen molar-refractivity contribution >= 4 is 16.1 Å². The van der Waals surface area contributed by atoms with Crippen LogP contribution in [0.3, 0.4) is 0 Å². The van der Waals surface area contributed by atoms with E-state index >= 15 is 0 Å². The Balaban J connectivity index is 1.81. The molecule has 8 heteroatoms. The van der Waals surface area contributed by atoms with Crippen LogP contribution in [0.1, 0.15) is 39.0 Å². The van der Waals surface area contributed by atoms with Crippen LogP contribution in [0.25, 0.3) is 0 Å². The normalized spacial score (nSPS) is 45.4. The molecular weight excluding hydrogens is 291 g/mol. The fraction of sp³-hybridized carbons (Fsp3) is 0.917. The molecule has 4 rings (SSSR count). The number of alkyl halides is 1. The molecule has 20 heavy (non-hydrogen) atoms. The zero-order valence-electron chi connectivity index (χ0n) is 11.0. The second kappa shape index (κ2) is 3.72. The molecule has 0 aromatic carbocycles. The van der Waals surface area contributed by atoms with E-state index in [1.807, 2.05) is 0 Å². The summed E-state index contributed by atoms with van der Waals surface area (Å²) in [6.07, 6.45) is 2.56. The molecule has 0 amide bonds. The Kier molecular flexibility index (Phi) is 2.64. The molecule has 4 saturated carbocycles. The summed E-state index contributed by atoms with van der Waals surface area (Å²) in [5.41, 5.74) is -1.88. The predicted molar refractivity (Wildman–Crippen MR) is 64.9 cm³/mol. The van der Waals surface area contributed by atoms with Crippen LogP contribution in [-0.2, 0) is 19.6 Å². The van der Waals surface area contributed by atoms with Gasteiger partial charge in [0.2, 0.25) is 0 Å². The molecule has 0 radical (unpaired) electrons. The zero-order valence-corrected chi connectivity index (χ0v) is 11.8. The first-order chi connectivity index (χ1) is 8.97. The number of hydrogen-bond donors (Lipinski definition) is 2. The van der Waals surface area contributed by atoms with Crippen LogP contribution >= 0.6 is 0 Å². The lowest BCUT2D eigenvalue weighted by atomic mass is 9.75. The number of halogens is 1. The van der Waals surface area contributed by atoms with Gasteiger partial charge in [0, 0.05) is 6.42 Å². The lowest BCUT2D eigenvalue weighted by Crippen LogP contribution is -2.51. The number of carbonyl (C=O) groups excluding carboxylic acids is 1. The molecule has 0 saturated heterocycles. The lowest BCUT2D eigenvalue weighted by Gasteiger charge is -2.43. The maximum Gasteiger partial charge on any atom is 0.362 e. The Labute approximate surface area is 116 Å². The molecule has 2 N–H and O–H groups in total. The topological polar surface area (TPSA) is 101 Å². The summed E-state index contributed by atoms with van der Waals surface area (Å²) >= 11 is 0. The number of aliphatic hydroxyl groups is 1. The Morgan fingerprint density at radius 3 is 2.20 bits per heavy atom. The molecule has 0 heterocycles. The number of ether oxygens (including phenoxy) is 1. The molecule has 0 aromatic rings. The molecule has 4 aliphatic rings. The van der Waals surface area contributed by atoms with E-state index in [9.17, 15) is 22.7 Å². The van der Waals surface area contributed by atoms with E-state index < -0.39 is 32.3 Å². The van der Waals surface area contributed by atoms with Gasteiger partial charge in [-0.25, -0.2) is 9.18 Å². The monoisotopic (exact) mass is 308 g/mol. The molecule has 0 aromatic heterocycles. The summed E-state index contributed by atoms with van der Waals surface area (Å²) in [7, 11) is -5.19. The number of rotatable bonds is 3. The van der Waals surface area contributed by atoms with Gasteiger partial charge in [-0.15, -0.1) is 0 Å². The first-order valence-electron chi connectivity index (χ1n) is 6.58. The van der Waals surface area contributed by atoms with E-state index in [0.717, 1.165) is 0 Å². The van der Waals surface area contributed by atoms with E-state index in [1.165, 1.54) is 0 Å². The van der Waals surface area contributed by atoms with Crippen LogP contribution in [0.4, 0.5) is 4.39 Å². The second-order valence-corrected chi connectivity index (χ2v) is 8.42. The van der Waals surface area contributed by atoms with Crippen molar-refractivity contribution in [3.8, 4) is 0 Å². The first-order valence-corrected chi connectivity index (χ1v) is 8.02. The largest absolute Gasteiger partial charge is 0.456 e. The zero-order chi connectivity index (χ0) is 15.0. The van der Waals surface area contributed by atoms with Gasteiger partial charge < -0.3 is 9.84 Å². The molecular formula is C12H17FO6S. The predicted octanol–water partition coefficient (Wildman–Crippen LogP) is 0.797. The third-order valence-electron chi connectivity index (χ3n) is 5.03. The van der Waals surface area contributed by atoms with Crippen molar-refractivity contribution in [2.24, 2.45) is 11.8 Å². The highest BCUT2D eigenvalue weighted by molar-refractivity contribution is 7.87. The minimum atomic E-state index is -5.19. The summed E-state index contributed by atoms with van der Waals surface area (Å²) in [5.74, 6) is -1.14. The average Bonchev–Trinajstić information content (AvgIpc) is 2.59. The van der Waals surface area contributed by atoms with Crippen molar-refractivity contribution in [3.63, 3.8) is 0 Å². The Hall–Kier alpha value is -0.730. The highest BCUT2D eigenvalue weighted by atomic mass is 32.2. The van der Waals surface area contributed by atoms with Gasteiger partial charge in [0.1, 0.15) is 5.60 Å². The van der Waals surface area contributed by atoms with E-state index in [-0.39, 0.29) is 18.3 Å². The maximum atomic E-state index is 13.9. The SMILES string of the molecule is CC(F)(C(=O)OC12CC3CC(O)(CC3C1)C2)S(=O)(=O)O. The van der Waals surface area contributed by atoms with Crippen LogP contribution in [0.15, 0.2) is 0 Å². The van der Waals surface area contributed by atoms with Crippen molar-refractivity contribution in [3.05, 3.63) is 0 Å². The lowest BCUT2D eigenvalue weighted by molar-refractivity contribution is -0.181. The summed E-state index contributed by atoms with van der Waals surface area (Å²) in [4.78, 5) is 11.8. The van der Waals surface area contributed by atoms with E-state index in [1.54, 1.807) is 0 Å². The third-order valence-corrected chi connectivity index (χ3v) is 6.16. The van der Waals surface area contributed by atoms with Crippen molar-refractivity contribution in [1.82, 2.24) is 0 Å². The highest BCUT2D eigenvalue weighted by Crippen LogP contribution is 2.63.